The molecule has 0 radical (unpaired) electrons. The van der Waals surface area contributed by atoms with E-state index >= 15 is 0 Å². The molecule has 0 aliphatic heterocycles. The maximum atomic E-state index is 11.6. The van der Waals surface area contributed by atoms with Gasteiger partial charge in [-0.15, -0.1) is 0 Å². The number of hydrogen-bond acceptors (Lipinski definition) is 2. The van der Waals surface area contributed by atoms with Gasteiger partial charge in [-0.25, -0.2) is 0 Å². The van der Waals surface area contributed by atoms with Gasteiger partial charge in [0, 0.05) is 6.42 Å². The summed E-state index contributed by atoms with van der Waals surface area (Å²) in [6.07, 6.45) is 2.98. The first-order valence-corrected chi connectivity index (χ1v) is 4.92. The van der Waals surface area contributed by atoms with E-state index < -0.39 is 5.54 Å². The molecule has 76 valence electrons. The molecule has 0 aliphatic carbocycles. The lowest BCUT2D eigenvalue weighted by Gasteiger charge is -2.22. The zero-order valence-corrected chi connectivity index (χ0v) is 9.02. The highest BCUT2D eigenvalue weighted by Gasteiger charge is 2.26. The van der Waals surface area contributed by atoms with Crippen LogP contribution in [0.2, 0.25) is 0 Å². The largest absolute Gasteiger partial charge is 0.319 e. The van der Waals surface area contributed by atoms with Crippen LogP contribution in [0.3, 0.4) is 0 Å². The molecule has 0 spiro atoms. The molecular formula is C11H21NO. The Morgan fingerprint density at radius 2 is 2.00 bits per heavy atom. The molecule has 0 saturated heterocycles. The van der Waals surface area contributed by atoms with E-state index in [0.717, 1.165) is 24.8 Å². The van der Waals surface area contributed by atoms with Crippen LogP contribution in [0, 0.1) is 0 Å². The van der Waals surface area contributed by atoms with Gasteiger partial charge in [-0.1, -0.05) is 32.4 Å². The Labute approximate surface area is 81.2 Å². The van der Waals surface area contributed by atoms with E-state index in [9.17, 15) is 4.79 Å². The Balaban J connectivity index is 4.16. The molecule has 1 unspecified atom stereocenters. The van der Waals surface area contributed by atoms with Crippen molar-refractivity contribution in [2.75, 3.05) is 0 Å². The van der Waals surface area contributed by atoms with E-state index in [1.807, 2.05) is 20.8 Å². The second-order valence-corrected chi connectivity index (χ2v) is 3.87. The predicted molar refractivity (Wildman–Crippen MR) is 56.6 cm³/mol. The minimum absolute atomic E-state index is 0.112. The zero-order chi connectivity index (χ0) is 10.5. The fourth-order valence-corrected chi connectivity index (χ4v) is 1.21. The Morgan fingerprint density at radius 1 is 1.46 bits per heavy atom. The van der Waals surface area contributed by atoms with Crippen molar-refractivity contribution >= 4 is 5.78 Å². The van der Waals surface area contributed by atoms with Crippen molar-refractivity contribution in [2.45, 2.75) is 52.0 Å². The molecule has 0 fully saturated rings. The fraction of sp³-hybridized carbons (Fsp3) is 0.727. The summed E-state index contributed by atoms with van der Waals surface area (Å²) in [5, 5.41) is 0. The number of carbonyl (C=O) groups is 1. The molecule has 0 amide bonds. The summed E-state index contributed by atoms with van der Waals surface area (Å²) in [6.45, 7) is 9.66. The van der Waals surface area contributed by atoms with Crippen LogP contribution in [-0.4, -0.2) is 11.3 Å². The van der Waals surface area contributed by atoms with Crippen LogP contribution in [0.15, 0.2) is 12.2 Å². The van der Waals surface area contributed by atoms with Crippen molar-refractivity contribution in [2.24, 2.45) is 5.73 Å². The van der Waals surface area contributed by atoms with Gasteiger partial charge in [-0.2, -0.15) is 0 Å². The molecule has 0 aromatic rings. The number of nitrogens with two attached hydrogens (primary N) is 1. The van der Waals surface area contributed by atoms with Gasteiger partial charge in [0.05, 0.1) is 5.54 Å². The molecule has 0 saturated carbocycles. The van der Waals surface area contributed by atoms with Gasteiger partial charge < -0.3 is 5.73 Å². The normalized spacial score (nSPS) is 15.1. The molecule has 0 aromatic carbocycles. The highest BCUT2D eigenvalue weighted by atomic mass is 16.1. The topological polar surface area (TPSA) is 43.1 Å². The number of carbonyl (C=O) groups excluding carboxylic acids is 1. The Kier molecular flexibility index (Phi) is 4.92. The second kappa shape index (κ2) is 5.18. The average molecular weight is 183 g/mol. The van der Waals surface area contributed by atoms with Crippen molar-refractivity contribution in [3.05, 3.63) is 12.2 Å². The molecule has 0 bridgehead atoms. The number of ketones is 1. The molecule has 2 nitrogen and oxygen atoms in total. The van der Waals surface area contributed by atoms with Crippen molar-refractivity contribution in [3.8, 4) is 0 Å². The van der Waals surface area contributed by atoms with Crippen molar-refractivity contribution in [3.63, 3.8) is 0 Å². The third kappa shape index (κ3) is 4.23. The quantitative estimate of drug-likeness (QED) is 0.643. The van der Waals surface area contributed by atoms with E-state index in [2.05, 4.69) is 6.58 Å². The van der Waals surface area contributed by atoms with Gasteiger partial charge in [0.1, 0.15) is 0 Å². The molecule has 13 heavy (non-hydrogen) atoms. The first kappa shape index (κ1) is 12.4. The minimum Gasteiger partial charge on any atom is -0.319 e. The van der Waals surface area contributed by atoms with Crippen LogP contribution in [0.5, 0.6) is 0 Å². The lowest BCUT2D eigenvalue weighted by Crippen LogP contribution is -2.44. The van der Waals surface area contributed by atoms with E-state index in [0.29, 0.717) is 6.42 Å². The Hall–Kier alpha value is -0.630. The van der Waals surface area contributed by atoms with Crippen LogP contribution >= 0.6 is 0 Å². The molecular weight excluding hydrogens is 162 g/mol. The summed E-state index contributed by atoms with van der Waals surface area (Å²) in [4.78, 5) is 11.6. The average Bonchev–Trinajstić information content (AvgIpc) is 2.04. The predicted octanol–water partition coefficient (Wildman–Crippen LogP) is 2.43. The van der Waals surface area contributed by atoms with Gasteiger partial charge >= 0.3 is 0 Å². The lowest BCUT2D eigenvalue weighted by molar-refractivity contribution is -0.123. The summed E-state index contributed by atoms with van der Waals surface area (Å²) in [5.41, 5.74) is 6.19. The lowest BCUT2D eigenvalue weighted by atomic mass is 9.88. The fourth-order valence-electron chi connectivity index (χ4n) is 1.21. The van der Waals surface area contributed by atoms with Gasteiger partial charge in [-0.05, 0) is 19.8 Å². The van der Waals surface area contributed by atoms with Crippen molar-refractivity contribution in [1.82, 2.24) is 0 Å². The third-order valence-electron chi connectivity index (χ3n) is 2.32. The summed E-state index contributed by atoms with van der Waals surface area (Å²) in [6, 6.07) is 0. The zero-order valence-electron chi connectivity index (χ0n) is 9.02. The van der Waals surface area contributed by atoms with Crippen LogP contribution in [0.1, 0.15) is 46.5 Å². The van der Waals surface area contributed by atoms with Crippen LogP contribution in [0.25, 0.3) is 0 Å². The smallest absolute Gasteiger partial charge is 0.156 e. The molecule has 2 N–H and O–H groups in total. The van der Waals surface area contributed by atoms with Crippen molar-refractivity contribution < 1.29 is 4.79 Å². The monoisotopic (exact) mass is 183 g/mol. The maximum absolute atomic E-state index is 11.6. The van der Waals surface area contributed by atoms with E-state index in [1.165, 1.54) is 0 Å². The molecule has 0 rings (SSSR count). The van der Waals surface area contributed by atoms with Crippen molar-refractivity contribution in [1.29, 1.82) is 0 Å². The Morgan fingerprint density at radius 3 is 2.38 bits per heavy atom. The molecule has 2 heteroatoms. The maximum Gasteiger partial charge on any atom is 0.156 e. The van der Waals surface area contributed by atoms with Gasteiger partial charge in [0.25, 0.3) is 0 Å². The SMILES string of the molecule is C=C(CC)CC(=O)C(C)(N)CCC. The molecule has 0 aliphatic rings. The standard InChI is InChI=1S/C11H21NO/c1-5-7-11(4,12)10(13)8-9(3)6-2/h3,5-8,12H2,1-2,4H3. The number of allylic oxidation sites excluding steroid dienone is 1. The summed E-state index contributed by atoms with van der Waals surface area (Å²) in [7, 11) is 0. The minimum atomic E-state index is -0.660. The van der Waals surface area contributed by atoms with E-state index in [1.54, 1.807) is 0 Å². The molecule has 0 heterocycles. The first-order valence-electron chi connectivity index (χ1n) is 4.92. The number of rotatable bonds is 6. The summed E-state index contributed by atoms with van der Waals surface area (Å²) < 4.78 is 0. The van der Waals surface area contributed by atoms with Crippen LogP contribution in [-0.2, 0) is 4.79 Å². The third-order valence-corrected chi connectivity index (χ3v) is 2.32. The van der Waals surface area contributed by atoms with Gasteiger partial charge in [-0.3, -0.25) is 4.79 Å². The summed E-state index contributed by atoms with van der Waals surface area (Å²) >= 11 is 0. The highest BCUT2D eigenvalue weighted by Crippen LogP contribution is 2.15. The number of Topliss-reactive ketones (excluding diaryl/α,β-unsaturated/α-hetero) is 1. The van der Waals surface area contributed by atoms with Gasteiger partial charge in [0.2, 0.25) is 0 Å². The van der Waals surface area contributed by atoms with E-state index in [-0.39, 0.29) is 5.78 Å². The number of hydrogen-bond donors (Lipinski definition) is 1. The van der Waals surface area contributed by atoms with Crippen LogP contribution in [0.4, 0.5) is 0 Å². The Bertz CT molecular complexity index is 194. The molecule has 0 aromatic heterocycles. The first-order chi connectivity index (χ1) is 5.94. The second-order valence-electron chi connectivity index (χ2n) is 3.87. The van der Waals surface area contributed by atoms with Crippen LogP contribution < -0.4 is 5.73 Å². The van der Waals surface area contributed by atoms with E-state index in [4.69, 9.17) is 5.73 Å². The highest BCUT2D eigenvalue weighted by molar-refractivity contribution is 5.89. The summed E-state index contributed by atoms with van der Waals surface area (Å²) in [5.74, 6) is 0.112. The van der Waals surface area contributed by atoms with Gasteiger partial charge in [0.15, 0.2) is 5.78 Å². The molecule has 1 atom stereocenters.